The van der Waals surface area contributed by atoms with E-state index in [4.69, 9.17) is 5.26 Å². The lowest BCUT2D eigenvalue weighted by atomic mass is 10.1. The maximum Gasteiger partial charge on any atom is 0.256 e. The predicted octanol–water partition coefficient (Wildman–Crippen LogP) is 3.72. The highest BCUT2D eigenvalue weighted by atomic mass is 127. The number of amides is 1. The molecule has 0 atom stereocenters. The Morgan fingerprint density at radius 3 is 2.68 bits per heavy atom. The molecule has 3 nitrogen and oxygen atoms in total. The zero-order valence-electron chi connectivity index (χ0n) is 10.3. The summed E-state index contributed by atoms with van der Waals surface area (Å²) < 4.78 is 0.895. The monoisotopic (exact) mass is 362 g/mol. The van der Waals surface area contributed by atoms with Crippen molar-refractivity contribution in [3.05, 3.63) is 62.7 Å². The van der Waals surface area contributed by atoms with Crippen molar-refractivity contribution >= 4 is 34.2 Å². The number of benzene rings is 2. The van der Waals surface area contributed by atoms with Crippen LogP contribution in [0.1, 0.15) is 21.5 Å². The molecule has 0 radical (unpaired) electrons. The fraction of sp³-hybridized carbons (Fsp3) is 0.0667. The van der Waals surface area contributed by atoms with Crippen LogP contribution in [0.3, 0.4) is 0 Å². The third-order valence-corrected chi connectivity index (χ3v) is 3.67. The highest BCUT2D eigenvalue weighted by molar-refractivity contribution is 14.1. The van der Waals surface area contributed by atoms with Gasteiger partial charge in [-0.05, 0) is 59.3 Å². The standard InChI is InChI=1S/C15H11IN2O/c1-10-6-7-11(9-17)8-14(10)18-15(19)12-4-2-3-5-13(12)16/h2-8H,1H3,(H,18,19). The molecule has 2 aromatic rings. The number of nitriles is 1. The first kappa shape index (κ1) is 13.6. The molecule has 4 heteroatoms. The number of carbonyl (C=O) groups is 1. The van der Waals surface area contributed by atoms with Gasteiger partial charge in [-0.15, -0.1) is 0 Å². The van der Waals surface area contributed by atoms with Gasteiger partial charge in [0.15, 0.2) is 0 Å². The second-order valence-electron chi connectivity index (χ2n) is 4.08. The molecule has 0 unspecified atom stereocenters. The summed E-state index contributed by atoms with van der Waals surface area (Å²) in [4.78, 5) is 12.2. The number of halogens is 1. The Morgan fingerprint density at radius 1 is 1.26 bits per heavy atom. The molecular formula is C15H11IN2O. The number of anilines is 1. The zero-order chi connectivity index (χ0) is 13.8. The van der Waals surface area contributed by atoms with E-state index in [2.05, 4.69) is 34.0 Å². The average molecular weight is 362 g/mol. The molecule has 0 bridgehead atoms. The van der Waals surface area contributed by atoms with Crippen molar-refractivity contribution in [2.24, 2.45) is 0 Å². The summed E-state index contributed by atoms with van der Waals surface area (Å²) in [5.41, 5.74) is 2.76. The van der Waals surface area contributed by atoms with Crippen LogP contribution in [0.2, 0.25) is 0 Å². The van der Waals surface area contributed by atoms with E-state index in [1.54, 1.807) is 18.2 Å². The van der Waals surface area contributed by atoms with E-state index in [9.17, 15) is 4.79 Å². The summed E-state index contributed by atoms with van der Waals surface area (Å²) >= 11 is 2.13. The summed E-state index contributed by atoms with van der Waals surface area (Å²) in [6.07, 6.45) is 0. The molecule has 0 aliphatic rings. The molecule has 0 saturated carbocycles. The highest BCUT2D eigenvalue weighted by Gasteiger charge is 2.10. The molecule has 0 heterocycles. The van der Waals surface area contributed by atoms with Crippen molar-refractivity contribution in [1.82, 2.24) is 0 Å². The van der Waals surface area contributed by atoms with E-state index in [1.165, 1.54) is 0 Å². The normalized spacial score (nSPS) is 9.74. The SMILES string of the molecule is Cc1ccc(C#N)cc1NC(=O)c1ccccc1I. The smallest absolute Gasteiger partial charge is 0.256 e. The van der Waals surface area contributed by atoms with Gasteiger partial charge in [0.25, 0.3) is 5.91 Å². The van der Waals surface area contributed by atoms with Crippen LogP contribution in [0, 0.1) is 21.8 Å². The molecule has 0 aliphatic carbocycles. The maximum absolute atomic E-state index is 12.2. The van der Waals surface area contributed by atoms with Gasteiger partial charge in [-0.2, -0.15) is 5.26 Å². The van der Waals surface area contributed by atoms with Gasteiger partial charge in [0.1, 0.15) is 0 Å². The molecule has 19 heavy (non-hydrogen) atoms. The lowest BCUT2D eigenvalue weighted by Gasteiger charge is -2.09. The summed E-state index contributed by atoms with van der Waals surface area (Å²) in [7, 11) is 0. The van der Waals surface area contributed by atoms with Gasteiger partial charge in [0, 0.05) is 9.26 Å². The van der Waals surface area contributed by atoms with Crippen molar-refractivity contribution < 1.29 is 4.79 Å². The topological polar surface area (TPSA) is 52.9 Å². The van der Waals surface area contributed by atoms with E-state index in [0.717, 1.165) is 9.13 Å². The Hall–Kier alpha value is -1.87. The molecule has 0 saturated heterocycles. The molecule has 1 N–H and O–H groups in total. The quantitative estimate of drug-likeness (QED) is 0.828. The Morgan fingerprint density at radius 2 is 2.00 bits per heavy atom. The van der Waals surface area contributed by atoms with Crippen molar-refractivity contribution in [3.8, 4) is 6.07 Å². The molecule has 0 fully saturated rings. The summed E-state index contributed by atoms with van der Waals surface area (Å²) in [5.74, 6) is -0.164. The van der Waals surface area contributed by atoms with Gasteiger partial charge >= 0.3 is 0 Å². The van der Waals surface area contributed by atoms with Crippen molar-refractivity contribution in [1.29, 1.82) is 5.26 Å². The molecular weight excluding hydrogens is 351 g/mol. The van der Waals surface area contributed by atoms with E-state index in [1.807, 2.05) is 31.2 Å². The van der Waals surface area contributed by atoms with Crippen LogP contribution in [-0.4, -0.2) is 5.91 Å². The van der Waals surface area contributed by atoms with Crippen LogP contribution in [0.25, 0.3) is 0 Å². The van der Waals surface area contributed by atoms with Crippen molar-refractivity contribution in [2.45, 2.75) is 6.92 Å². The van der Waals surface area contributed by atoms with Gasteiger partial charge in [0.05, 0.1) is 17.2 Å². The minimum atomic E-state index is -0.164. The summed E-state index contributed by atoms with van der Waals surface area (Å²) in [5, 5.41) is 11.7. The number of hydrogen-bond acceptors (Lipinski definition) is 2. The van der Waals surface area contributed by atoms with Crippen LogP contribution >= 0.6 is 22.6 Å². The van der Waals surface area contributed by atoms with E-state index in [0.29, 0.717) is 16.8 Å². The van der Waals surface area contributed by atoms with E-state index >= 15 is 0 Å². The van der Waals surface area contributed by atoms with Gasteiger partial charge in [-0.3, -0.25) is 4.79 Å². The molecule has 1 amide bonds. The first-order chi connectivity index (χ1) is 9.11. The van der Waals surface area contributed by atoms with E-state index < -0.39 is 0 Å². The minimum Gasteiger partial charge on any atom is -0.322 e. The zero-order valence-corrected chi connectivity index (χ0v) is 12.4. The minimum absolute atomic E-state index is 0.164. The van der Waals surface area contributed by atoms with Crippen LogP contribution in [0.15, 0.2) is 42.5 Å². The first-order valence-corrected chi connectivity index (χ1v) is 6.76. The fourth-order valence-electron chi connectivity index (χ4n) is 1.66. The number of nitrogens with zero attached hydrogens (tertiary/aromatic N) is 1. The molecule has 0 aromatic heterocycles. The molecule has 0 aliphatic heterocycles. The van der Waals surface area contributed by atoms with Crippen molar-refractivity contribution in [2.75, 3.05) is 5.32 Å². The maximum atomic E-state index is 12.2. The molecule has 0 spiro atoms. The number of carbonyl (C=O) groups excluding carboxylic acids is 1. The number of nitrogens with one attached hydrogen (secondary N) is 1. The largest absolute Gasteiger partial charge is 0.322 e. The number of hydrogen-bond donors (Lipinski definition) is 1. The van der Waals surface area contributed by atoms with Crippen molar-refractivity contribution in [3.63, 3.8) is 0 Å². The Labute approximate surface area is 125 Å². The van der Waals surface area contributed by atoms with Crippen LogP contribution in [-0.2, 0) is 0 Å². The van der Waals surface area contributed by atoms with Crippen LogP contribution in [0.5, 0.6) is 0 Å². The van der Waals surface area contributed by atoms with Crippen LogP contribution < -0.4 is 5.32 Å². The third kappa shape index (κ3) is 3.12. The van der Waals surface area contributed by atoms with Crippen LogP contribution in [0.4, 0.5) is 5.69 Å². The molecule has 2 aromatic carbocycles. The molecule has 2 rings (SSSR count). The fourth-order valence-corrected chi connectivity index (χ4v) is 2.29. The highest BCUT2D eigenvalue weighted by Crippen LogP contribution is 2.19. The lowest BCUT2D eigenvalue weighted by Crippen LogP contribution is -2.14. The van der Waals surface area contributed by atoms with Gasteiger partial charge in [-0.25, -0.2) is 0 Å². The third-order valence-electron chi connectivity index (χ3n) is 2.73. The molecule has 94 valence electrons. The number of aryl methyl sites for hydroxylation is 1. The second-order valence-corrected chi connectivity index (χ2v) is 5.24. The van der Waals surface area contributed by atoms with Gasteiger partial charge in [0.2, 0.25) is 0 Å². The Balaban J connectivity index is 2.30. The van der Waals surface area contributed by atoms with E-state index in [-0.39, 0.29) is 5.91 Å². The lowest BCUT2D eigenvalue weighted by molar-refractivity contribution is 0.102. The van der Waals surface area contributed by atoms with Gasteiger partial charge in [-0.1, -0.05) is 18.2 Å². The summed E-state index contributed by atoms with van der Waals surface area (Å²) in [6, 6.07) is 14.7. The first-order valence-electron chi connectivity index (χ1n) is 5.68. The van der Waals surface area contributed by atoms with Gasteiger partial charge < -0.3 is 5.32 Å². The predicted molar refractivity (Wildman–Crippen MR) is 83.0 cm³/mol. The Kier molecular flexibility index (Phi) is 4.17. The Bertz CT molecular complexity index is 674. The average Bonchev–Trinajstić information content (AvgIpc) is 2.41. The number of rotatable bonds is 2. The summed E-state index contributed by atoms with van der Waals surface area (Å²) in [6.45, 7) is 1.90. The second kappa shape index (κ2) is 5.85.